The number of benzene rings is 7. The highest BCUT2D eigenvalue weighted by Crippen LogP contribution is 2.25. The number of nitrogens with two attached hydrogens (primary N) is 1. The SMILES string of the molecule is C#Cc1cccc(CCCN2C(=O)c3ccccc3C2=O)c1.C#Cc1cccc(CCCO)c1.CCO.NCCCc1cccc(C#Cc2ccccn2)c1.O=C1NC(=O)c2ccccc21.O=C1c2ccccc2C(=O)N1CCCc1cccc(C#Cc2ccccn2)c1. The lowest BCUT2D eigenvalue weighted by Crippen LogP contribution is -2.30. The first-order chi connectivity index (χ1) is 45.9. The van der Waals surface area contributed by atoms with Gasteiger partial charge in [0.2, 0.25) is 0 Å². The van der Waals surface area contributed by atoms with Crippen LogP contribution in [0.4, 0.5) is 0 Å². The Kier molecular flexibility index (Phi) is 27.9. The third kappa shape index (κ3) is 21.0. The summed E-state index contributed by atoms with van der Waals surface area (Å²) in [6.45, 7) is 3.73. The number of carbonyl (C=O) groups is 6. The summed E-state index contributed by atoms with van der Waals surface area (Å²) in [5.74, 6) is 16.2. The molecule has 5 heterocycles. The van der Waals surface area contributed by atoms with E-state index in [1.54, 1.807) is 92.1 Å². The van der Waals surface area contributed by atoms with Crippen molar-refractivity contribution in [3.8, 4) is 48.4 Å². The number of aliphatic hydroxyl groups is 2. The fourth-order valence-corrected chi connectivity index (χ4v) is 9.86. The number of carbonyl (C=O) groups excluding carboxylic acids is 6. The molecule has 0 atom stereocenters. The monoisotopic (exact) mass is 1240 g/mol. The van der Waals surface area contributed by atoms with E-state index < -0.39 is 0 Å². The van der Waals surface area contributed by atoms with Crippen molar-refractivity contribution in [1.82, 2.24) is 25.1 Å². The predicted octanol–water partition coefficient (Wildman–Crippen LogP) is 11.1. The van der Waals surface area contributed by atoms with Gasteiger partial charge in [-0.3, -0.25) is 43.9 Å². The molecule has 12 rings (SSSR count). The van der Waals surface area contributed by atoms with E-state index in [1.807, 2.05) is 121 Å². The predicted molar refractivity (Wildman–Crippen MR) is 366 cm³/mol. The van der Waals surface area contributed by atoms with E-state index in [1.165, 1.54) is 20.9 Å². The van der Waals surface area contributed by atoms with Gasteiger partial charge in [-0.15, -0.1) is 12.8 Å². The van der Waals surface area contributed by atoms with E-state index in [9.17, 15) is 28.8 Å². The number of terminal acetylenes is 2. The zero-order chi connectivity index (χ0) is 66.9. The highest BCUT2D eigenvalue weighted by molar-refractivity contribution is 6.22. The number of amides is 6. The van der Waals surface area contributed by atoms with Crippen LogP contribution in [0.5, 0.6) is 0 Å². The third-order valence-corrected chi connectivity index (χ3v) is 14.4. The summed E-state index contributed by atoms with van der Waals surface area (Å²) in [5, 5.41) is 18.4. The number of fused-ring (bicyclic) bond motifs is 3. The van der Waals surface area contributed by atoms with Crippen molar-refractivity contribution >= 4 is 35.4 Å². The van der Waals surface area contributed by atoms with Crippen LogP contribution in [0.25, 0.3) is 0 Å². The van der Waals surface area contributed by atoms with Gasteiger partial charge >= 0.3 is 0 Å². The summed E-state index contributed by atoms with van der Waals surface area (Å²) < 4.78 is 0. The second-order valence-corrected chi connectivity index (χ2v) is 21.2. The van der Waals surface area contributed by atoms with Gasteiger partial charge in [-0.2, -0.15) is 0 Å². The lowest BCUT2D eigenvalue weighted by atomic mass is 10.1. The van der Waals surface area contributed by atoms with Crippen LogP contribution in [0.3, 0.4) is 0 Å². The number of hydrogen-bond acceptors (Lipinski definition) is 11. The summed E-state index contributed by atoms with van der Waals surface area (Å²) in [6.07, 6.45) is 20.8. The van der Waals surface area contributed by atoms with Crippen molar-refractivity contribution in [2.75, 3.05) is 32.8 Å². The molecule has 3 aliphatic heterocycles. The largest absolute Gasteiger partial charge is 0.397 e. The van der Waals surface area contributed by atoms with E-state index in [2.05, 4.69) is 62.9 Å². The average molecular weight is 1250 g/mol. The van der Waals surface area contributed by atoms with E-state index in [4.69, 9.17) is 28.8 Å². The number of imide groups is 3. The Morgan fingerprint density at radius 3 is 1.05 bits per heavy atom. The molecule has 3 aliphatic rings. The average Bonchev–Trinajstić information content (AvgIpc) is 1.68. The molecule has 5 N–H and O–H groups in total. The minimum atomic E-state index is -0.300. The van der Waals surface area contributed by atoms with Gasteiger partial charge in [0, 0.05) is 61.0 Å². The standard InChI is InChI=1S/C24H18N2O2.C19H15NO2.C16H16N2.C11H12O.C8H5NO2.C2H6O/c27-23-21-11-1-2-12-22(21)24(28)26(23)16-6-9-18-7-5-8-19(17-18)13-14-20-10-3-4-15-25-20;1-2-14-7-5-8-15(13-14)9-6-12-20-18(21)16-10-3-4-11-17(16)19(20)22;17-11-4-7-14-5-3-6-15(13-14)9-10-16-8-1-2-12-18-16;1-2-10-5-3-6-11(9-10)7-4-8-12;10-7-5-3-1-2-4-6(5)8(11)9-7;1-2-3/h1-5,7-8,10-12,15,17H,6,9,16H2;1,3-5,7-8,10-11,13H,6,9,12H2;1-3,5-6,8,12-13H,4,7,11,17H2;1,3,5-6,9,12H,4,7-8H2;1-4H,(H,9,10,11);3H,2H2,1H3. The first kappa shape index (κ1) is 69.8. The Bertz CT molecular complexity index is 4200. The molecular formula is C80H72N6O8. The number of pyridine rings is 2. The van der Waals surface area contributed by atoms with Gasteiger partial charge in [0.15, 0.2) is 0 Å². The van der Waals surface area contributed by atoms with Crippen molar-refractivity contribution in [3.05, 3.63) is 308 Å². The maximum Gasteiger partial charge on any atom is 0.261 e. The second-order valence-electron chi connectivity index (χ2n) is 21.2. The highest BCUT2D eigenvalue weighted by atomic mass is 16.3. The van der Waals surface area contributed by atoms with Crippen LogP contribution in [0.1, 0.15) is 151 Å². The number of aliphatic hydroxyl groups excluding tert-OH is 2. The molecule has 0 bridgehead atoms. The van der Waals surface area contributed by atoms with Crippen LogP contribution in [-0.4, -0.2) is 98.3 Å². The molecule has 470 valence electrons. The lowest BCUT2D eigenvalue weighted by molar-refractivity contribution is 0.0637. The summed E-state index contributed by atoms with van der Waals surface area (Å²) in [7, 11) is 0. The molecule has 7 aromatic carbocycles. The first-order valence-electron chi connectivity index (χ1n) is 30.8. The zero-order valence-corrected chi connectivity index (χ0v) is 52.3. The van der Waals surface area contributed by atoms with Crippen molar-refractivity contribution < 1.29 is 39.0 Å². The fraction of sp³-hybridized carbons (Fsp3) is 0.175. The molecule has 0 saturated heterocycles. The first-order valence-corrected chi connectivity index (χ1v) is 30.8. The van der Waals surface area contributed by atoms with Crippen molar-refractivity contribution in [1.29, 1.82) is 0 Å². The Morgan fingerprint density at radius 2 is 0.723 bits per heavy atom. The van der Waals surface area contributed by atoms with Crippen LogP contribution in [-0.2, 0) is 25.7 Å². The van der Waals surface area contributed by atoms with Crippen LogP contribution >= 0.6 is 0 Å². The molecule has 0 unspecified atom stereocenters. The van der Waals surface area contributed by atoms with Crippen molar-refractivity contribution in [3.63, 3.8) is 0 Å². The third-order valence-electron chi connectivity index (χ3n) is 14.4. The molecule has 6 amide bonds. The molecule has 14 heteroatoms. The van der Waals surface area contributed by atoms with Crippen molar-refractivity contribution in [2.24, 2.45) is 5.73 Å². The van der Waals surface area contributed by atoms with Crippen molar-refractivity contribution in [2.45, 2.75) is 58.3 Å². The van der Waals surface area contributed by atoms with Gasteiger partial charge in [-0.05, 0) is 208 Å². The molecule has 0 radical (unpaired) electrons. The second kappa shape index (κ2) is 37.5. The highest BCUT2D eigenvalue weighted by Gasteiger charge is 2.35. The maximum absolute atomic E-state index is 12.4. The Balaban J connectivity index is 0.000000171. The molecule has 9 aromatic rings. The molecule has 0 aliphatic carbocycles. The van der Waals surface area contributed by atoms with Gasteiger partial charge < -0.3 is 15.9 Å². The number of nitrogens with zero attached hydrogens (tertiary/aromatic N) is 4. The van der Waals surface area contributed by atoms with E-state index in [-0.39, 0.29) is 48.7 Å². The summed E-state index contributed by atoms with van der Waals surface area (Å²) in [6, 6.07) is 64.0. The number of nitrogens with one attached hydrogen (secondary N) is 1. The van der Waals surface area contributed by atoms with Crippen LogP contribution < -0.4 is 11.1 Å². The topological polar surface area (TPSA) is 213 Å². The number of aromatic nitrogens is 2. The van der Waals surface area contributed by atoms with Crippen LogP contribution in [0, 0.1) is 48.4 Å². The zero-order valence-electron chi connectivity index (χ0n) is 52.3. The molecule has 0 saturated carbocycles. The van der Waals surface area contributed by atoms with Gasteiger partial charge in [0.1, 0.15) is 11.4 Å². The minimum Gasteiger partial charge on any atom is -0.397 e. The quantitative estimate of drug-likeness (QED) is 0.0594. The van der Waals surface area contributed by atoms with E-state index >= 15 is 0 Å². The van der Waals surface area contributed by atoms with Gasteiger partial charge in [-0.1, -0.05) is 121 Å². The normalized spacial score (nSPS) is 11.7. The lowest BCUT2D eigenvalue weighted by Gasteiger charge is -2.13. The molecule has 0 spiro atoms. The molecular weight excluding hydrogens is 1170 g/mol. The molecule has 2 aromatic heterocycles. The number of rotatable bonds is 14. The fourth-order valence-electron chi connectivity index (χ4n) is 9.86. The van der Waals surface area contributed by atoms with Gasteiger partial charge in [0.05, 0.1) is 33.4 Å². The van der Waals surface area contributed by atoms with Crippen LogP contribution in [0.2, 0.25) is 0 Å². The van der Waals surface area contributed by atoms with Crippen LogP contribution in [0.15, 0.2) is 219 Å². The molecule has 0 fully saturated rings. The smallest absolute Gasteiger partial charge is 0.261 e. The Labute approximate surface area is 550 Å². The van der Waals surface area contributed by atoms with Gasteiger partial charge in [0.25, 0.3) is 35.4 Å². The number of hydrogen-bond donors (Lipinski definition) is 4. The van der Waals surface area contributed by atoms with E-state index in [0.29, 0.717) is 52.9 Å². The maximum atomic E-state index is 12.4. The summed E-state index contributed by atoms with van der Waals surface area (Å²) in [5.41, 5.74) is 18.4. The Morgan fingerprint density at radius 1 is 0.404 bits per heavy atom. The summed E-state index contributed by atoms with van der Waals surface area (Å²) >= 11 is 0. The molecule has 94 heavy (non-hydrogen) atoms. The van der Waals surface area contributed by atoms with Gasteiger partial charge in [-0.25, -0.2) is 9.97 Å². The summed E-state index contributed by atoms with van der Waals surface area (Å²) in [4.78, 5) is 82.2. The number of aryl methyl sites for hydroxylation is 4. The Hall–Kier alpha value is -11.6. The van der Waals surface area contributed by atoms with E-state index in [0.717, 1.165) is 96.3 Å². The minimum absolute atomic E-state index is 0.196. The molecule has 14 nitrogen and oxygen atoms in total.